The number of amides is 1. The van der Waals surface area contributed by atoms with E-state index in [2.05, 4.69) is 0 Å². The van der Waals surface area contributed by atoms with Gasteiger partial charge in [0, 0.05) is 5.56 Å². The second-order valence-corrected chi connectivity index (χ2v) is 6.18. The largest absolute Gasteiger partial charge is 0.479 e. The summed E-state index contributed by atoms with van der Waals surface area (Å²) in [6.45, 7) is 4.18. The topological polar surface area (TPSA) is 46.6 Å². The number of ether oxygens (including phenoxy) is 1. The predicted octanol–water partition coefficient (Wildman–Crippen LogP) is 3.73. The van der Waals surface area contributed by atoms with Crippen LogP contribution in [-0.4, -0.2) is 23.7 Å². The first kappa shape index (κ1) is 16.5. The molecular formula is C19H18ClNO3. The van der Waals surface area contributed by atoms with Crippen LogP contribution in [0, 0.1) is 6.92 Å². The van der Waals surface area contributed by atoms with E-state index in [1.54, 1.807) is 30.0 Å². The van der Waals surface area contributed by atoms with Gasteiger partial charge in [-0.25, -0.2) is 0 Å². The number of anilines is 1. The van der Waals surface area contributed by atoms with Gasteiger partial charge in [0.25, 0.3) is 5.91 Å². The third kappa shape index (κ3) is 3.15. The van der Waals surface area contributed by atoms with Crippen LogP contribution in [0.1, 0.15) is 28.4 Å². The number of hydrogen-bond acceptors (Lipinski definition) is 3. The third-order valence-electron chi connectivity index (χ3n) is 4.07. The molecule has 1 amide bonds. The Bertz CT molecular complexity index is 786. The van der Waals surface area contributed by atoms with Crippen LogP contribution in [0.4, 0.5) is 5.69 Å². The number of carbonyl (C=O) groups is 2. The molecule has 0 saturated carbocycles. The van der Waals surface area contributed by atoms with Crippen LogP contribution < -0.4 is 9.64 Å². The maximum atomic E-state index is 12.6. The molecule has 1 heterocycles. The van der Waals surface area contributed by atoms with Gasteiger partial charge in [0.2, 0.25) is 0 Å². The maximum Gasteiger partial charge on any atom is 0.268 e. The lowest BCUT2D eigenvalue weighted by atomic mass is 10.1. The minimum absolute atomic E-state index is 0.0953. The van der Waals surface area contributed by atoms with Crippen molar-refractivity contribution in [3.8, 4) is 5.75 Å². The lowest BCUT2D eigenvalue weighted by Crippen LogP contribution is -2.44. The normalized spacial score (nSPS) is 16.5. The van der Waals surface area contributed by atoms with Crippen LogP contribution in [-0.2, 0) is 11.3 Å². The zero-order chi connectivity index (χ0) is 17.3. The highest BCUT2D eigenvalue weighted by atomic mass is 35.5. The quantitative estimate of drug-likeness (QED) is 0.627. The average Bonchev–Trinajstić information content (AvgIpc) is 2.59. The molecule has 0 spiro atoms. The summed E-state index contributed by atoms with van der Waals surface area (Å²) in [5.74, 6) is 0.196. The second-order valence-electron chi connectivity index (χ2n) is 5.91. The maximum absolute atomic E-state index is 12.6. The second kappa shape index (κ2) is 6.65. The molecule has 1 aliphatic rings. The summed E-state index contributed by atoms with van der Waals surface area (Å²) in [5.41, 5.74) is 3.26. The molecule has 1 atom stereocenters. The van der Waals surface area contributed by atoms with Crippen LogP contribution in [0.25, 0.3) is 0 Å². The zero-order valence-electron chi connectivity index (χ0n) is 13.6. The van der Waals surface area contributed by atoms with Crippen molar-refractivity contribution in [1.29, 1.82) is 0 Å². The fourth-order valence-corrected chi connectivity index (χ4v) is 2.85. The van der Waals surface area contributed by atoms with E-state index in [-0.39, 0.29) is 17.6 Å². The number of fused-ring (bicyclic) bond motifs is 1. The first-order chi connectivity index (χ1) is 11.5. The van der Waals surface area contributed by atoms with Crippen LogP contribution in [0.3, 0.4) is 0 Å². The summed E-state index contributed by atoms with van der Waals surface area (Å²) in [6.07, 6.45) is -0.558. The van der Waals surface area contributed by atoms with Crippen molar-refractivity contribution in [2.24, 2.45) is 0 Å². The molecule has 0 aromatic heterocycles. The van der Waals surface area contributed by atoms with Gasteiger partial charge >= 0.3 is 0 Å². The van der Waals surface area contributed by atoms with Crippen molar-refractivity contribution >= 4 is 29.0 Å². The monoisotopic (exact) mass is 343 g/mol. The van der Waals surface area contributed by atoms with E-state index < -0.39 is 6.10 Å². The number of hydrogen-bond donors (Lipinski definition) is 0. The first-order valence-corrected chi connectivity index (χ1v) is 8.30. The molecule has 0 aliphatic carbocycles. The fourth-order valence-electron chi connectivity index (χ4n) is 2.70. The minimum atomic E-state index is -0.558. The van der Waals surface area contributed by atoms with Crippen molar-refractivity contribution < 1.29 is 14.3 Å². The standard InChI is InChI=1S/C19H18ClNO3/c1-12-3-5-14(6-4-12)11-21-16-9-15(17(22)10-20)7-8-18(16)24-13(2)19(21)23/h3-9,13H,10-11H2,1-2H3. The molecular weight excluding hydrogens is 326 g/mol. The Labute approximate surface area is 146 Å². The van der Waals surface area contributed by atoms with Gasteiger partial charge in [0.15, 0.2) is 11.9 Å². The van der Waals surface area contributed by atoms with E-state index in [9.17, 15) is 9.59 Å². The SMILES string of the molecule is Cc1ccc(CN2C(=O)C(C)Oc3ccc(C(=O)CCl)cc32)cc1. The number of benzene rings is 2. The molecule has 0 radical (unpaired) electrons. The molecule has 0 saturated heterocycles. The number of alkyl halides is 1. The molecule has 0 N–H and O–H groups in total. The zero-order valence-corrected chi connectivity index (χ0v) is 14.3. The minimum Gasteiger partial charge on any atom is -0.479 e. The molecule has 3 rings (SSSR count). The van der Waals surface area contributed by atoms with Crippen molar-refractivity contribution in [2.75, 3.05) is 10.8 Å². The molecule has 1 aliphatic heterocycles. The summed E-state index contributed by atoms with van der Waals surface area (Å²) in [4.78, 5) is 26.1. The van der Waals surface area contributed by atoms with Crippen LogP contribution in [0.2, 0.25) is 0 Å². The Morgan fingerprint density at radius 3 is 2.58 bits per heavy atom. The number of aryl methyl sites for hydroxylation is 1. The molecule has 124 valence electrons. The van der Waals surface area contributed by atoms with Gasteiger partial charge in [0.1, 0.15) is 5.75 Å². The smallest absolute Gasteiger partial charge is 0.268 e. The Morgan fingerprint density at radius 1 is 1.21 bits per heavy atom. The summed E-state index contributed by atoms with van der Waals surface area (Å²) in [5, 5.41) is 0. The van der Waals surface area contributed by atoms with Gasteiger partial charge < -0.3 is 9.64 Å². The van der Waals surface area contributed by atoms with Crippen molar-refractivity contribution in [2.45, 2.75) is 26.5 Å². The summed E-state index contributed by atoms with van der Waals surface area (Å²) in [6, 6.07) is 13.1. The highest BCUT2D eigenvalue weighted by molar-refractivity contribution is 6.30. The fraction of sp³-hybridized carbons (Fsp3) is 0.263. The Hall–Kier alpha value is -2.33. The summed E-state index contributed by atoms with van der Waals surface area (Å²) < 4.78 is 5.66. The van der Waals surface area contributed by atoms with E-state index in [4.69, 9.17) is 16.3 Å². The molecule has 2 aromatic carbocycles. The van der Waals surface area contributed by atoms with Gasteiger partial charge in [-0.05, 0) is 37.6 Å². The van der Waals surface area contributed by atoms with Gasteiger partial charge in [-0.1, -0.05) is 29.8 Å². The highest BCUT2D eigenvalue weighted by Crippen LogP contribution is 2.36. The number of rotatable bonds is 4. The number of carbonyl (C=O) groups excluding carboxylic acids is 2. The van der Waals surface area contributed by atoms with E-state index in [0.717, 1.165) is 11.1 Å². The number of nitrogens with zero attached hydrogens (tertiary/aromatic N) is 1. The molecule has 0 bridgehead atoms. The Balaban J connectivity index is 2.00. The first-order valence-electron chi connectivity index (χ1n) is 7.76. The Kier molecular flexibility index (Phi) is 4.58. The lowest BCUT2D eigenvalue weighted by Gasteiger charge is -2.33. The van der Waals surface area contributed by atoms with E-state index in [1.165, 1.54) is 0 Å². The van der Waals surface area contributed by atoms with Gasteiger partial charge in [-0.2, -0.15) is 0 Å². The van der Waals surface area contributed by atoms with E-state index >= 15 is 0 Å². The van der Waals surface area contributed by atoms with Crippen molar-refractivity contribution in [3.63, 3.8) is 0 Å². The lowest BCUT2D eigenvalue weighted by molar-refractivity contribution is -0.125. The van der Waals surface area contributed by atoms with Crippen LogP contribution in [0.15, 0.2) is 42.5 Å². The molecule has 0 fully saturated rings. The van der Waals surface area contributed by atoms with Gasteiger partial charge in [-0.15, -0.1) is 11.6 Å². The van der Waals surface area contributed by atoms with E-state index in [0.29, 0.717) is 23.5 Å². The molecule has 24 heavy (non-hydrogen) atoms. The van der Waals surface area contributed by atoms with E-state index in [1.807, 2.05) is 31.2 Å². The summed E-state index contributed by atoms with van der Waals surface area (Å²) >= 11 is 5.64. The van der Waals surface area contributed by atoms with Crippen LogP contribution >= 0.6 is 11.6 Å². The highest BCUT2D eigenvalue weighted by Gasteiger charge is 2.32. The number of ketones is 1. The third-order valence-corrected chi connectivity index (χ3v) is 4.31. The van der Waals surface area contributed by atoms with Crippen LogP contribution in [0.5, 0.6) is 5.75 Å². The molecule has 4 nitrogen and oxygen atoms in total. The summed E-state index contributed by atoms with van der Waals surface area (Å²) in [7, 11) is 0. The average molecular weight is 344 g/mol. The Morgan fingerprint density at radius 2 is 1.92 bits per heavy atom. The molecule has 2 aromatic rings. The molecule has 5 heteroatoms. The van der Waals surface area contributed by atoms with Gasteiger partial charge in [-0.3, -0.25) is 9.59 Å². The van der Waals surface area contributed by atoms with Gasteiger partial charge in [0.05, 0.1) is 18.1 Å². The van der Waals surface area contributed by atoms with Crippen molar-refractivity contribution in [1.82, 2.24) is 0 Å². The number of Topliss-reactive ketones (excluding diaryl/α,β-unsaturated/α-hetero) is 1. The van der Waals surface area contributed by atoms with Crippen molar-refractivity contribution in [3.05, 3.63) is 59.2 Å². The number of halogens is 1. The predicted molar refractivity (Wildman–Crippen MR) is 94.0 cm³/mol. The molecule has 1 unspecified atom stereocenters.